The van der Waals surface area contributed by atoms with Gasteiger partial charge in [-0.3, -0.25) is 0 Å². The van der Waals surface area contributed by atoms with Gasteiger partial charge < -0.3 is 15.5 Å². The fourth-order valence-electron chi connectivity index (χ4n) is 2.82. The second kappa shape index (κ2) is 6.69. The van der Waals surface area contributed by atoms with Gasteiger partial charge in [-0.1, -0.05) is 12.1 Å². The van der Waals surface area contributed by atoms with Crippen LogP contribution in [0.3, 0.4) is 0 Å². The van der Waals surface area contributed by atoms with E-state index in [9.17, 15) is 9.18 Å². The van der Waals surface area contributed by atoms with E-state index < -0.39 is 0 Å². The molecule has 2 aromatic carbocycles. The molecule has 1 aliphatic rings. The molecule has 2 N–H and O–H groups in total. The van der Waals surface area contributed by atoms with Crippen LogP contribution >= 0.6 is 0 Å². The zero-order valence-corrected chi connectivity index (χ0v) is 13.1. The molecule has 0 aromatic heterocycles. The molecule has 3 rings (SSSR count). The summed E-state index contributed by atoms with van der Waals surface area (Å²) in [4.78, 5) is 14.3. The molecule has 5 heteroatoms. The van der Waals surface area contributed by atoms with Crippen LogP contribution in [0.1, 0.15) is 12.0 Å². The molecule has 0 aliphatic carbocycles. The highest BCUT2D eigenvalue weighted by atomic mass is 19.1. The molecule has 1 atom stereocenters. The molecule has 120 valence electrons. The van der Waals surface area contributed by atoms with Crippen LogP contribution in [0.5, 0.6) is 0 Å². The number of hydrogen-bond acceptors (Lipinski definition) is 2. The first-order valence-corrected chi connectivity index (χ1v) is 7.75. The standard InChI is InChI=1S/C18H20FN3O/c1-13-3-2-4-17(11-13)22-10-9-16(12-22)21-18(23)20-15-7-5-14(19)6-8-15/h2-8,11,16H,9-10,12H2,1H3,(H2,20,21,23)/t16-/m0/s1. The van der Waals surface area contributed by atoms with Crippen molar-refractivity contribution in [1.82, 2.24) is 5.32 Å². The molecular formula is C18H20FN3O. The molecule has 1 heterocycles. The van der Waals surface area contributed by atoms with Crippen LogP contribution in [0.25, 0.3) is 0 Å². The fourth-order valence-corrected chi connectivity index (χ4v) is 2.82. The quantitative estimate of drug-likeness (QED) is 0.910. The highest BCUT2D eigenvalue weighted by Crippen LogP contribution is 2.21. The first kappa shape index (κ1) is 15.3. The Balaban J connectivity index is 1.53. The minimum Gasteiger partial charge on any atom is -0.369 e. The number of nitrogens with one attached hydrogen (secondary N) is 2. The lowest BCUT2D eigenvalue weighted by Gasteiger charge is -2.19. The van der Waals surface area contributed by atoms with Gasteiger partial charge in [0.2, 0.25) is 0 Å². The summed E-state index contributed by atoms with van der Waals surface area (Å²) in [5.41, 5.74) is 3.00. The highest BCUT2D eigenvalue weighted by Gasteiger charge is 2.24. The maximum absolute atomic E-state index is 12.9. The lowest BCUT2D eigenvalue weighted by Crippen LogP contribution is -2.39. The van der Waals surface area contributed by atoms with Crippen LogP contribution in [0.2, 0.25) is 0 Å². The van der Waals surface area contributed by atoms with E-state index in [1.165, 1.54) is 23.4 Å². The number of amides is 2. The number of benzene rings is 2. The van der Waals surface area contributed by atoms with Gasteiger partial charge in [-0.05, 0) is 55.3 Å². The third-order valence-corrected chi connectivity index (χ3v) is 3.99. The Labute approximate surface area is 135 Å². The van der Waals surface area contributed by atoms with Crippen molar-refractivity contribution in [3.05, 3.63) is 59.9 Å². The van der Waals surface area contributed by atoms with Gasteiger partial charge in [0.1, 0.15) is 5.82 Å². The summed E-state index contributed by atoms with van der Waals surface area (Å²) in [6.07, 6.45) is 0.908. The lowest BCUT2D eigenvalue weighted by atomic mass is 10.2. The SMILES string of the molecule is Cc1cccc(N2CC[C@H](NC(=O)Nc3ccc(F)cc3)C2)c1. The average molecular weight is 313 g/mol. The summed E-state index contributed by atoms with van der Waals surface area (Å²) in [5, 5.41) is 5.70. The molecule has 2 amide bonds. The van der Waals surface area contributed by atoms with Crippen LogP contribution < -0.4 is 15.5 Å². The van der Waals surface area contributed by atoms with Gasteiger partial charge in [0.05, 0.1) is 0 Å². The van der Waals surface area contributed by atoms with E-state index in [4.69, 9.17) is 0 Å². The minimum atomic E-state index is -0.319. The van der Waals surface area contributed by atoms with Crippen LogP contribution in [0, 0.1) is 12.7 Å². The highest BCUT2D eigenvalue weighted by molar-refractivity contribution is 5.89. The molecule has 0 radical (unpaired) electrons. The summed E-state index contributed by atoms with van der Waals surface area (Å²) < 4.78 is 12.9. The van der Waals surface area contributed by atoms with Gasteiger partial charge in [0.15, 0.2) is 0 Å². The van der Waals surface area contributed by atoms with Crippen LogP contribution in [-0.4, -0.2) is 25.2 Å². The molecule has 2 aromatic rings. The number of hydrogen-bond donors (Lipinski definition) is 2. The summed E-state index contributed by atoms with van der Waals surface area (Å²) >= 11 is 0. The Hall–Kier alpha value is -2.56. The van der Waals surface area contributed by atoms with Crippen LogP contribution in [0.15, 0.2) is 48.5 Å². The lowest BCUT2D eigenvalue weighted by molar-refractivity contribution is 0.249. The van der Waals surface area contributed by atoms with Gasteiger partial charge in [0.25, 0.3) is 0 Å². The smallest absolute Gasteiger partial charge is 0.319 e. The fraction of sp³-hybridized carbons (Fsp3) is 0.278. The van der Waals surface area contributed by atoms with Crippen molar-refractivity contribution >= 4 is 17.4 Å². The van der Waals surface area contributed by atoms with E-state index >= 15 is 0 Å². The predicted octanol–water partition coefficient (Wildman–Crippen LogP) is 3.53. The zero-order chi connectivity index (χ0) is 16.2. The Morgan fingerprint density at radius 2 is 2.00 bits per heavy atom. The van der Waals surface area contributed by atoms with E-state index in [1.807, 2.05) is 6.07 Å². The number of carbonyl (C=O) groups is 1. The summed E-state index contributed by atoms with van der Waals surface area (Å²) in [7, 11) is 0. The number of carbonyl (C=O) groups excluding carboxylic acids is 1. The molecule has 0 spiro atoms. The molecule has 1 aliphatic heterocycles. The van der Waals surface area contributed by atoms with Crippen molar-refractivity contribution in [2.24, 2.45) is 0 Å². The van der Waals surface area contributed by atoms with E-state index in [1.54, 1.807) is 12.1 Å². The van der Waals surface area contributed by atoms with Crippen molar-refractivity contribution in [2.45, 2.75) is 19.4 Å². The molecule has 0 saturated carbocycles. The second-order valence-electron chi connectivity index (χ2n) is 5.88. The van der Waals surface area contributed by atoms with Gasteiger partial charge in [-0.25, -0.2) is 9.18 Å². The van der Waals surface area contributed by atoms with Crippen molar-refractivity contribution in [1.29, 1.82) is 0 Å². The van der Waals surface area contributed by atoms with Crippen molar-refractivity contribution < 1.29 is 9.18 Å². The summed E-state index contributed by atoms with van der Waals surface area (Å²) in [6.45, 7) is 3.79. The number of nitrogens with zero attached hydrogens (tertiary/aromatic N) is 1. The number of aryl methyl sites for hydroxylation is 1. The maximum Gasteiger partial charge on any atom is 0.319 e. The Bertz CT molecular complexity index is 687. The first-order valence-electron chi connectivity index (χ1n) is 7.75. The predicted molar refractivity (Wildman–Crippen MR) is 90.4 cm³/mol. The molecule has 1 fully saturated rings. The normalized spacial score (nSPS) is 17.1. The van der Waals surface area contributed by atoms with Gasteiger partial charge in [0, 0.05) is 30.5 Å². The van der Waals surface area contributed by atoms with Crippen molar-refractivity contribution in [2.75, 3.05) is 23.3 Å². The summed E-state index contributed by atoms with van der Waals surface area (Å²) in [6, 6.07) is 14.0. The van der Waals surface area contributed by atoms with Gasteiger partial charge in [-0.2, -0.15) is 0 Å². The van der Waals surface area contributed by atoms with E-state index in [0.717, 1.165) is 19.5 Å². The first-order chi connectivity index (χ1) is 11.1. The molecule has 1 saturated heterocycles. The number of anilines is 2. The topological polar surface area (TPSA) is 44.4 Å². The van der Waals surface area contributed by atoms with Crippen molar-refractivity contribution in [3.8, 4) is 0 Å². The van der Waals surface area contributed by atoms with Crippen LogP contribution in [-0.2, 0) is 0 Å². The Kier molecular flexibility index (Phi) is 4.46. The number of rotatable bonds is 3. The molecule has 0 bridgehead atoms. The van der Waals surface area contributed by atoms with Gasteiger partial charge in [-0.15, -0.1) is 0 Å². The van der Waals surface area contributed by atoms with E-state index in [0.29, 0.717) is 5.69 Å². The van der Waals surface area contributed by atoms with Crippen molar-refractivity contribution in [3.63, 3.8) is 0 Å². The molecule has 23 heavy (non-hydrogen) atoms. The Morgan fingerprint density at radius 1 is 1.22 bits per heavy atom. The molecule has 4 nitrogen and oxygen atoms in total. The van der Waals surface area contributed by atoms with E-state index in [2.05, 4.69) is 40.7 Å². The number of urea groups is 1. The Morgan fingerprint density at radius 3 is 2.74 bits per heavy atom. The average Bonchev–Trinajstić information content (AvgIpc) is 2.98. The second-order valence-corrected chi connectivity index (χ2v) is 5.88. The van der Waals surface area contributed by atoms with E-state index in [-0.39, 0.29) is 17.9 Å². The number of halogens is 1. The third kappa shape index (κ3) is 4.00. The monoisotopic (exact) mass is 313 g/mol. The van der Waals surface area contributed by atoms with Crippen LogP contribution in [0.4, 0.5) is 20.6 Å². The minimum absolute atomic E-state index is 0.107. The third-order valence-electron chi connectivity index (χ3n) is 3.99. The molecular weight excluding hydrogens is 293 g/mol. The zero-order valence-electron chi connectivity index (χ0n) is 13.1. The summed E-state index contributed by atoms with van der Waals surface area (Å²) in [5.74, 6) is -0.319. The molecule has 0 unspecified atom stereocenters. The largest absolute Gasteiger partial charge is 0.369 e. The maximum atomic E-state index is 12.9. The van der Waals surface area contributed by atoms with Gasteiger partial charge >= 0.3 is 6.03 Å².